The number of rotatable bonds is 33. The van der Waals surface area contributed by atoms with E-state index in [0.717, 1.165) is 103 Å². The number of aromatic nitrogens is 2. The first kappa shape index (κ1) is 48.3. The highest BCUT2D eigenvalue weighted by molar-refractivity contribution is 5.88. The van der Waals surface area contributed by atoms with Gasteiger partial charge in [-0.3, -0.25) is 19.2 Å². The molecule has 0 spiro atoms. The van der Waals surface area contributed by atoms with Gasteiger partial charge in [0.1, 0.15) is 25.2 Å². The Morgan fingerprint density at radius 1 is 0.446 bits per heavy atom. The summed E-state index contributed by atoms with van der Waals surface area (Å²) in [4.78, 5) is 51.2. The van der Waals surface area contributed by atoms with Crippen molar-refractivity contribution < 1.29 is 28.3 Å². The van der Waals surface area contributed by atoms with E-state index in [0.29, 0.717) is 25.9 Å². The van der Waals surface area contributed by atoms with Crippen LogP contribution in [-0.4, -0.2) is 48.8 Å². The molecule has 4 N–H and O–H groups in total. The minimum atomic E-state index is -0.478. The molecule has 0 saturated heterocycles. The molecule has 2 aromatic rings. The van der Waals surface area contributed by atoms with Crippen LogP contribution in [-0.2, 0) is 32.3 Å². The van der Waals surface area contributed by atoms with Crippen molar-refractivity contribution in [1.29, 1.82) is 0 Å². The Morgan fingerprint density at radius 2 is 0.768 bits per heavy atom. The van der Waals surface area contributed by atoms with Gasteiger partial charge in [-0.2, -0.15) is 0 Å². The van der Waals surface area contributed by atoms with Crippen LogP contribution in [0.4, 0.5) is 0 Å². The zero-order valence-corrected chi connectivity index (χ0v) is 35.6. The van der Waals surface area contributed by atoms with Crippen LogP contribution >= 0.6 is 0 Å². The number of unbranched alkanes of at least 4 members (excludes halogenated alkanes) is 13. The fourth-order valence-corrected chi connectivity index (χ4v) is 6.88. The van der Waals surface area contributed by atoms with Crippen molar-refractivity contribution in [3.8, 4) is 0 Å². The highest BCUT2D eigenvalue weighted by Crippen LogP contribution is 2.13. The molecule has 0 radical (unpaired) electrons. The molecule has 10 nitrogen and oxygen atoms in total. The summed E-state index contributed by atoms with van der Waals surface area (Å²) < 4.78 is 4.31. The molecule has 56 heavy (non-hydrogen) atoms. The number of hydrogen-bond acceptors (Lipinski definition) is 4. The number of amides is 4. The number of hydrogen-bond donors (Lipinski definition) is 4. The predicted octanol–water partition coefficient (Wildman–Crippen LogP) is 7.28. The number of carbonyl (C=O) groups is 4. The Hall–Kier alpha value is -3.82. The minimum absolute atomic E-state index is 0.0341. The normalized spacial score (nSPS) is 13.3. The van der Waals surface area contributed by atoms with Gasteiger partial charge in [0.25, 0.3) is 0 Å². The molecular formula is C46H78N6O4+2. The van der Waals surface area contributed by atoms with Crippen LogP contribution < -0.4 is 30.4 Å². The van der Waals surface area contributed by atoms with Crippen LogP contribution in [0.1, 0.15) is 156 Å². The van der Waals surface area contributed by atoms with E-state index in [2.05, 4.69) is 69.0 Å². The molecule has 0 aliphatic carbocycles. The molecule has 0 bridgehead atoms. The lowest BCUT2D eigenvalue weighted by atomic mass is 9.98. The number of aryl methyl sites for hydroxylation is 2. The summed E-state index contributed by atoms with van der Waals surface area (Å²) in [6, 6.07) is 11.2. The Labute approximate surface area is 339 Å². The predicted molar refractivity (Wildman–Crippen MR) is 225 cm³/mol. The topological polar surface area (TPSA) is 124 Å². The van der Waals surface area contributed by atoms with E-state index in [-0.39, 0.29) is 35.5 Å². The molecule has 0 aromatic carbocycles. The Morgan fingerprint density at radius 3 is 1.11 bits per heavy atom. The molecule has 2 heterocycles. The van der Waals surface area contributed by atoms with Gasteiger partial charge < -0.3 is 21.3 Å². The summed E-state index contributed by atoms with van der Waals surface area (Å²) in [5, 5.41) is 12.2. The van der Waals surface area contributed by atoms with Crippen molar-refractivity contribution in [1.82, 2.24) is 21.3 Å². The third-order valence-corrected chi connectivity index (χ3v) is 11.0. The van der Waals surface area contributed by atoms with Crippen molar-refractivity contribution in [2.24, 2.45) is 11.8 Å². The van der Waals surface area contributed by atoms with Crippen LogP contribution in [0.3, 0.4) is 0 Å². The Balaban J connectivity index is 1.46. The maximum absolute atomic E-state index is 13.0. The highest BCUT2D eigenvalue weighted by atomic mass is 16.2. The maximum Gasteiger partial charge on any atom is 0.242 e. The Bertz CT molecular complexity index is 1230. The average molecular weight is 779 g/mol. The average Bonchev–Trinajstić information content (AvgIpc) is 3.21. The largest absolute Gasteiger partial charge is 0.354 e. The molecule has 0 unspecified atom stereocenters. The van der Waals surface area contributed by atoms with E-state index >= 15 is 0 Å². The summed E-state index contributed by atoms with van der Waals surface area (Å²) in [5.41, 5.74) is 0. The first-order valence-corrected chi connectivity index (χ1v) is 22.3. The maximum atomic E-state index is 13.0. The SMILES string of the molecule is CC[C@H](C)[C@H](NC(=O)CCCCC[n+]1ccccc1)C(=O)NCCCCCCCCCCCCNC(=O)[C@@H](NC(=O)CCCCC[n+]1ccccc1)[C@@H](C)CC. The standard InChI is InChI=1S/C46H76N6O4/c1-5-39(3)43(49-41(53)29-19-15-23-33-51-35-25-17-26-36-51)45(55)47-31-21-13-11-9-7-8-10-12-14-22-32-48-46(56)44(40(4)6-2)50-42(54)30-20-16-24-34-52-37-27-18-28-38-52/h17-18,25-28,35-40,43-44H,5-16,19-24,29-34H2,1-4H3,(H2-2,47,48,49,50,53,54,55,56)/p+2/t39-,40-,43-,44-/m0/s1. The Kier molecular flexibility index (Phi) is 27.0. The van der Waals surface area contributed by atoms with Crippen LogP contribution in [0.25, 0.3) is 0 Å². The zero-order valence-electron chi connectivity index (χ0n) is 35.6. The summed E-state index contributed by atoms with van der Waals surface area (Å²) >= 11 is 0. The first-order chi connectivity index (χ1) is 27.2. The molecule has 314 valence electrons. The fraction of sp³-hybridized carbons (Fsp3) is 0.696. The number of carbonyl (C=O) groups excluding carboxylic acids is 4. The van der Waals surface area contributed by atoms with Gasteiger partial charge in [-0.25, -0.2) is 9.13 Å². The van der Waals surface area contributed by atoms with Crippen LogP contribution in [0.5, 0.6) is 0 Å². The molecular weight excluding hydrogens is 701 g/mol. The molecule has 0 fully saturated rings. The second kappa shape index (κ2) is 31.3. The van der Waals surface area contributed by atoms with Gasteiger partial charge in [-0.05, 0) is 50.4 Å². The van der Waals surface area contributed by atoms with Gasteiger partial charge in [0.05, 0.1) is 0 Å². The highest BCUT2D eigenvalue weighted by Gasteiger charge is 2.26. The van der Waals surface area contributed by atoms with Gasteiger partial charge >= 0.3 is 0 Å². The van der Waals surface area contributed by atoms with Gasteiger partial charge in [-0.15, -0.1) is 0 Å². The van der Waals surface area contributed by atoms with Gasteiger partial charge in [0.15, 0.2) is 24.8 Å². The molecule has 0 saturated carbocycles. The first-order valence-electron chi connectivity index (χ1n) is 22.3. The molecule has 2 rings (SSSR count). The van der Waals surface area contributed by atoms with Gasteiger partial charge in [-0.1, -0.05) is 104 Å². The van der Waals surface area contributed by atoms with Crippen LogP contribution in [0, 0.1) is 11.8 Å². The quantitative estimate of drug-likeness (QED) is 0.0450. The van der Waals surface area contributed by atoms with E-state index < -0.39 is 12.1 Å². The summed E-state index contributed by atoms with van der Waals surface area (Å²) in [6.45, 7) is 11.4. The summed E-state index contributed by atoms with van der Waals surface area (Å²) in [6.07, 6.45) is 27.7. The molecule has 0 aliphatic heterocycles. The van der Waals surface area contributed by atoms with Crippen molar-refractivity contribution in [3.63, 3.8) is 0 Å². The fourth-order valence-electron chi connectivity index (χ4n) is 6.88. The minimum Gasteiger partial charge on any atom is -0.354 e. The molecule has 4 amide bonds. The second-order valence-electron chi connectivity index (χ2n) is 15.8. The lowest BCUT2D eigenvalue weighted by Gasteiger charge is -2.23. The van der Waals surface area contributed by atoms with E-state index in [1.54, 1.807) is 0 Å². The number of nitrogens with zero attached hydrogens (tertiary/aromatic N) is 2. The van der Waals surface area contributed by atoms with E-state index in [1.807, 2.05) is 50.2 Å². The lowest BCUT2D eigenvalue weighted by molar-refractivity contribution is -0.697. The number of nitrogens with one attached hydrogen (secondary N) is 4. The van der Waals surface area contributed by atoms with E-state index in [4.69, 9.17) is 0 Å². The van der Waals surface area contributed by atoms with Gasteiger partial charge in [0, 0.05) is 63.0 Å². The second-order valence-corrected chi connectivity index (χ2v) is 15.8. The third kappa shape index (κ3) is 22.7. The van der Waals surface area contributed by atoms with Crippen molar-refractivity contribution >= 4 is 23.6 Å². The molecule has 4 atom stereocenters. The summed E-state index contributed by atoms with van der Waals surface area (Å²) in [5.74, 6) is -0.0233. The molecule has 2 aromatic heterocycles. The summed E-state index contributed by atoms with van der Waals surface area (Å²) in [7, 11) is 0. The lowest BCUT2D eigenvalue weighted by Crippen LogP contribution is -2.50. The number of pyridine rings is 2. The monoisotopic (exact) mass is 779 g/mol. The van der Waals surface area contributed by atoms with E-state index in [9.17, 15) is 19.2 Å². The van der Waals surface area contributed by atoms with Gasteiger partial charge in [0.2, 0.25) is 23.6 Å². The smallest absolute Gasteiger partial charge is 0.242 e. The third-order valence-electron chi connectivity index (χ3n) is 11.0. The van der Waals surface area contributed by atoms with Crippen molar-refractivity contribution in [2.75, 3.05) is 13.1 Å². The molecule has 10 heteroatoms. The zero-order chi connectivity index (χ0) is 40.6. The van der Waals surface area contributed by atoms with E-state index in [1.165, 1.54) is 25.7 Å². The molecule has 0 aliphatic rings. The van der Waals surface area contributed by atoms with Crippen LogP contribution in [0.2, 0.25) is 0 Å². The van der Waals surface area contributed by atoms with Crippen molar-refractivity contribution in [2.45, 2.75) is 181 Å². The van der Waals surface area contributed by atoms with Crippen LogP contribution in [0.15, 0.2) is 61.2 Å². The van der Waals surface area contributed by atoms with Crippen molar-refractivity contribution in [3.05, 3.63) is 61.2 Å².